The second-order valence-corrected chi connectivity index (χ2v) is 5.63. The quantitative estimate of drug-likeness (QED) is 0.460. The average Bonchev–Trinajstić information content (AvgIpc) is 2.66. The molecule has 0 spiro atoms. The van der Waals surface area contributed by atoms with Crippen LogP contribution >= 0.6 is 0 Å². The molecule has 154 valence electrons. The largest absolute Gasteiger partial charge is 0.484 e. The van der Waals surface area contributed by atoms with E-state index in [0.29, 0.717) is 6.54 Å². The van der Waals surface area contributed by atoms with Gasteiger partial charge in [-0.25, -0.2) is 14.4 Å². The maximum absolute atomic E-state index is 12.0. The minimum absolute atomic E-state index is 0.0834. The Balaban J connectivity index is 2.79. The highest BCUT2D eigenvalue weighted by Crippen LogP contribution is 2.19. The predicted molar refractivity (Wildman–Crippen MR) is 100 cm³/mol. The maximum Gasteiger partial charge on any atom is 0.338 e. The normalized spacial score (nSPS) is 9.96. The molecule has 0 heterocycles. The zero-order valence-electron chi connectivity index (χ0n) is 16.3. The van der Waals surface area contributed by atoms with E-state index < -0.39 is 30.5 Å². The number of imide groups is 1. The summed E-state index contributed by atoms with van der Waals surface area (Å²) in [6.45, 7) is 5.59. The van der Waals surface area contributed by atoms with Crippen molar-refractivity contribution in [3.8, 4) is 5.75 Å². The van der Waals surface area contributed by atoms with Crippen molar-refractivity contribution in [3.63, 3.8) is 0 Å². The van der Waals surface area contributed by atoms with Crippen LogP contribution in [-0.4, -0.2) is 50.2 Å². The summed E-state index contributed by atoms with van der Waals surface area (Å²) in [6, 6.07) is 3.39. The second kappa shape index (κ2) is 12.3. The molecule has 9 heteroatoms. The van der Waals surface area contributed by atoms with Crippen molar-refractivity contribution in [1.29, 1.82) is 0 Å². The lowest BCUT2D eigenvalue weighted by molar-refractivity contribution is -0.122. The number of carbonyl (C=O) groups is 4. The highest BCUT2D eigenvalue weighted by Gasteiger charge is 2.16. The molecule has 0 saturated heterocycles. The van der Waals surface area contributed by atoms with Crippen molar-refractivity contribution in [3.05, 3.63) is 29.3 Å². The van der Waals surface area contributed by atoms with Gasteiger partial charge in [-0.2, -0.15) is 0 Å². The summed E-state index contributed by atoms with van der Waals surface area (Å²) in [4.78, 5) is 47.3. The summed E-state index contributed by atoms with van der Waals surface area (Å²) in [7, 11) is 0. The molecule has 0 atom stereocenters. The highest BCUT2D eigenvalue weighted by atomic mass is 16.5. The van der Waals surface area contributed by atoms with Crippen molar-refractivity contribution in [2.75, 3.05) is 26.4 Å². The fraction of sp³-hybridized carbons (Fsp3) is 0.474. The molecule has 28 heavy (non-hydrogen) atoms. The highest BCUT2D eigenvalue weighted by molar-refractivity contribution is 5.96. The molecule has 1 rings (SSSR count). The number of esters is 2. The number of amides is 3. The van der Waals surface area contributed by atoms with E-state index in [-0.39, 0.29) is 30.1 Å². The number of urea groups is 1. The molecule has 0 bridgehead atoms. The molecule has 0 unspecified atom stereocenters. The van der Waals surface area contributed by atoms with Crippen LogP contribution in [0.1, 0.15) is 54.3 Å². The van der Waals surface area contributed by atoms with Crippen molar-refractivity contribution < 1.29 is 33.4 Å². The molecule has 0 aliphatic rings. The van der Waals surface area contributed by atoms with Crippen molar-refractivity contribution in [2.24, 2.45) is 0 Å². The van der Waals surface area contributed by atoms with Crippen LogP contribution in [0.2, 0.25) is 0 Å². The van der Waals surface area contributed by atoms with E-state index in [1.165, 1.54) is 18.2 Å². The molecule has 0 fully saturated rings. The van der Waals surface area contributed by atoms with Crippen LogP contribution < -0.4 is 15.4 Å². The molecule has 2 N–H and O–H groups in total. The van der Waals surface area contributed by atoms with Gasteiger partial charge in [0.1, 0.15) is 5.75 Å². The van der Waals surface area contributed by atoms with Gasteiger partial charge in [-0.05, 0) is 38.5 Å². The van der Waals surface area contributed by atoms with E-state index in [1.807, 2.05) is 6.92 Å². The Kier molecular flexibility index (Phi) is 10.1. The summed E-state index contributed by atoms with van der Waals surface area (Å²) >= 11 is 0. The molecule has 0 aliphatic carbocycles. The lowest BCUT2D eigenvalue weighted by Crippen LogP contribution is -2.41. The van der Waals surface area contributed by atoms with Crippen LogP contribution in [0.5, 0.6) is 5.75 Å². The number of hydrogen-bond donors (Lipinski definition) is 2. The first-order valence-electron chi connectivity index (χ1n) is 9.11. The summed E-state index contributed by atoms with van der Waals surface area (Å²) in [5.74, 6) is -1.86. The van der Waals surface area contributed by atoms with Crippen LogP contribution in [0, 0.1) is 0 Å². The molecule has 0 radical (unpaired) electrons. The van der Waals surface area contributed by atoms with Gasteiger partial charge in [-0.15, -0.1) is 0 Å². The van der Waals surface area contributed by atoms with Gasteiger partial charge in [-0.3, -0.25) is 10.1 Å². The summed E-state index contributed by atoms with van der Waals surface area (Å²) < 4.78 is 15.2. The average molecular weight is 394 g/mol. The molecule has 0 aromatic heterocycles. The molecular weight excluding hydrogens is 368 g/mol. The number of rotatable bonds is 10. The minimum atomic E-state index is -0.673. The summed E-state index contributed by atoms with van der Waals surface area (Å²) in [5, 5.41) is 4.67. The Morgan fingerprint density at radius 3 is 1.96 bits per heavy atom. The smallest absolute Gasteiger partial charge is 0.338 e. The Labute approximate surface area is 163 Å². The van der Waals surface area contributed by atoms with Crippen LogP contribution in [0.3, 0.4) is 0 Å². The Hall–Kier alpha value is -3.10. The third kappa shape index (κ3) is 8.07. The number of benzene rings is 1. The van der Waals surface area contributed by atoms with E-state index in [2.05, 4.69) is 10.6 Å². The number of carbonyl (C=O) groups excluding carboxylic acids is 4. The van der Waals surface area contributed by atoms with E-state index in [4.69, 9.17) is 14.2 Å². The van der Waals surface area contributed by atoms with E-state index in [9.17, 15) is 19.2 Å². The van der Waals surface area contributed by atoms with Gasteiger partial charge in [0.2, 0.25) is 0 Å². The Morgan fingerprint density at radius 2 is 1.46 bits per heavy atom. The first-order valence-corrected chi connectivity index (χ1v) is 9.11. The Morgan fingerprint density at radius 1 is 0.893 bits per heavy atom. The van der Waals surface area contributed by atoms with Gasteiger partial charge in [0, 0.05) is 6.54 Å². The van der Waals surface area contributed by atoms with Crippen LogP contribution in [0.25, 0.3) is 0 Å². The predicted octanol–water partition coefficient (Wildman–Crippen LogP) is 2.04. The third-order valence-electron chi connectivity index (χ3n) is 3.37. The number of hydrogen-bond acceptors (Lipinski definition) is 7. The third-order valence-corrected chi connectivity index (χ3v) is 3.37. The van der Waals surface area contributed by atoms with Gasteiger partial charge < -0.3 is 19.5 Å². The molecule has 0 saturated carbocycles. The van der Waals surface area contributed by atoms with E-state index in [0.717, 1.165) is 12.8 Å². The molecule has 9 nitrogen and oxygen atoms in total. The minimum Gasteiger partial charge on any atom is -0.484 e. The number of unbranched alkanes of at least 4 members (excludes halogenated alkanes) is 1. The zero-order valence-corrected chi connectivity index (χ0v) is 16.3. The van der Waals surface area contributed by atoms with Gasteiger partial charge in [0.25, 0.3) is 5.91 Å². The summed E-state index contributed by atoms with van der Waals surface area (Å²) in [5.41, 5.74) is 0.167. The molecule has 1 aromatic rings. The lowest BCUT2D eigenvalue weighted by atomic mass is 10.1. The van der Waals surface area contributed by atoms with E-state index in [1.54, 1.807) is 13.8 Å². The monoisotopic (exact) mass is 394 g/mol. The van der Waals surface area contributed by atoms with Crippen molar-refractivity contribution in [1.82, 2.24) is 10.6 Å². The topological polar surface area (TPSA) is 120 Å². The molecule has 0 aliphatic heterocycles. The SMILES string of the molecule is CCCCNC(=O)NC(=O)COc1cc(C(=O)OCC)cc(C(=O)OCC)c1. The van der Waals surface area contributed by atoms with Crippen molar-refractivity contribution in [2.45, 2.75) is 33.6 Å². The van der Waals surface area contributed by atoms with Gasteiger partial charge in [0.05, 0.1) is 24.3 Å². The van der Waals surface area contributed by atoms with Crippen molar-refractivity contribution >= 4 is 23.9 Å². The van der Waals surface area contributed by atoms with E-state index >= 15 is 0 Å². The van der Waals surface area contributed by atoms with Gasteiger partial charge in [0.15, 0.2) is 6.61 Å². The van der Waals surface area contributed by atoms with Gasteiger partial charge >= 0.3 is 18.0 Å². The lowest BCUT2D eigenvalue weighted by Gasteiger charge is -2.11. The number of nitrogens with one attached hydrogen (secondary N) is 2. The van der Waals surface area contributed by atoms with Crippen LogP contribution in [0.15, 0.2) is 18.2 Å². The Bertz CT molecular complexity index is 667. The number of ether oxygens (including phenoxy) is 3. The fourth-order valence-corrected chi connectivity index (χ4v) is 2.08. The zero-order chi connectivity index (χ0) is 20.9. The van der Waals surface area contributed by atoms with Crippen LogP contribution in [-0.2, 0) is 14.3 Å². The fourth-order valence-electron chi connectivity index (χ4n) is 2.08. The first-order chi connectivity index (χ1) is 13.4. The van der Waals surface area contributed by atoms with Gasteiger partial charge in [-0.1, -0.05) is 13.3 Å². The first kappa shape index (κ1) is 22.9. The maximum atomic E-state index is 12.0. The standard InChI is InChI=1S/C19H26N2O7/c1-4-7-8-20-19(25)21-16(22)12-28-15-10-13(17(23)26-5-2)9-14(11-15)18(24)27-6-3/h9-11H,4-8,12H2,1-3H3,(H2,20,21,22,25). The molecule has 3 amide bonds. The van der Waals surface area contributed by atoms with Crippen LogP contribution in [0.4, 0.5) is 4.79 Å². The molecule has 1 aromatic carbocycles. The molecular formula is C19H26N2O7. The summed E-state index contributed by atoms with van der Waals surface area (Å²) in [6.07, 6.45) is 1.71. The second-order valence-electron chi connectivity index (χ2n) is 5.63.